The molecule has 2 N–H and O–H groups in total. The molecule has 0 spiro atoms. The number of hydrogen-bond acceptors (Lipinski definition) is 5. The van der Waals surface area contributed by atoms with Crippen molar-refractivity contribution in [2.45, 2.75) is 32.7 Å². The Bertz CT molecular complexity index is 453. The standard InChI is InChI=1S/C16H27N5/c1-16(2)5-4-13(14(16)17)12-20-8-10-21(11-9-20)15-18-6-3-7-19-15/h3,6-7,13-14H,4-5,8-12,17H2,1-2H3. The Balaban J connectivity index is 1.51. The number of hydrogen-bond donors (Lipinski definition) is 1. The Morgan fingerprint density at radius 2 is 1.86 bits per heavy atom. The predicted octanol–water partition coefficient (Wildman–Crippen LogP) is 1.36. The van der Waals surface area contributed by atoms with Gasteiger partial charge < -0.3 is 10.6 Å². The molecule has 5 heteroatoms. The molecule has 21 heavy (non-hydrogen) atoms. The molecule has 2 unspecified atom stereocenters. The zero-order chi connectivity index (χ0) is 14.9. The lowest BCUT2D eigenvalue weighted by atomic mass is 9.85. The lowest BCUT2D eigenvalue weighted by Crippen LogP contribution is -2.50. The average molecular weight is 289 g/mol. The lowest BCUT2D eigenvalue weighted by molar-refractivity contribution is 0.195. The van der Waals surface area contributed by atoms with Crippen LogP contribution in [-0.2, 0) is 0 Å². The van der Waals surface area contributed by atoms with Crippen LogP contribution in [0.15, 0.2) is 18.5 Å². The molecule has 5 nitrogen and oxygen atoms in total. The highest BCUT2D eigenvalue weighted by molar-refractivity contribution is 5.29. The summed E-state index contributed by atoms with van der Waals surface area (Å²) in [6.45, 7) is 9.95. The van der Waals surface area contributed by atoms with Crippen LogP contribution >= 0.6 is 0 Å². The van der Waals surface area contributed by atoms with E-state index in [9.17, 15) is 0 Å². The summed E-state index contributed by atoms with van der Waals surface area (Å²) >= 11 is 0. The summed E-state index contributed by atoms with van der Waals surface area (Å²) in [7, 11) is 0. The molecule has 0 bridgehead atoms. The number of rotatable bonds is 3. The first-order valence-electron chi connectivity index (χ1n) is 8.06. The molecular formula is C16H27N5. The van der Waals surface area contributed by atoms with Crippen LogP contribution in [0.1, 0.15) is 26.7 Å². The number of piperazine rings is 1. The van der Waals surface area contributed by atoms with Gasteiger partial charge in [-0.15, -0.1) is 0 Å². The summed E-state index contributed by atoms with van der Waals surface area (Å²) in [5.41, 5.74) is 6.75. The quantitative estimate of drug-likeness (QED) is 0.910. The maximum atomic E-state index is 6.44. The van der Waals surface area contributed by atoms with E-state index in [-0.39, 0.29) is 0 Å². The van der Waals surface area contributed by atoms with Gasteiger partial charge in [-0.3, -0.25) is 4.90 Å². The molecule has 1 aliphatic heterocycles. The SMILES string of the molecule is CC1(C)CCC(CN2CCN(c3ncccn3)CC2)C1N. The second kappa shape index (κ2) is 5.89. The molecule has 0 amide bonds. The van der Waals surface area contributed by atoms with Crippen LogP contribution in [0.2, 0.25) is 0 Å². The third-order valence-electron chi connectivity index (χ3n) is 5.27. The normalized spacial score (nSPS) is 29.8. The highest BCUT2D eigenvalue weighted by Gasteiger charge is 2.40. The first-order valence-corrected chi connectivity index (χ1v) is 8.06. The first kappa shape index (κ1) is 14.7. The molecule has 1 saturated heterocycles. The van der Waals surface area contributed by atoms with Crippen molar-refractivity contribution in [1.29, 1.82) is 0 Å². The molecule has 3 rings (SSSR count). The van der Waals surface area contributed by atoms with E-state index in [1.54, 1.807) is 0 Å². The largest absolute Gasteiger partial charge is 0.338 e. The molecular weight excluding hydrogens is 262 g/mol. The minimum atomic E-state index is 0.310. The Morgan fingerprint density at radius 3 is 2.43 bits per heavy atom. The molecule has 0 aromatic carbocycles. The topological polar surface area (TPSA) is 58.3 Å². The Labute approximate surface area is 127 Å². The predicted molar refractivity (Wildman–Crippen MR) is 85.2 cm³/mol. The smallest absolute Gasteiger partial charge is 0.225 e. The number of nitrogens with zero attached hydrogens (tertiary/aromatic N) is 4. The van der Waals surface area contributed by atoms with E-state index in [0.29, 0.717) is 17.4 Å². The number of aromatic nitrogens is 2. The monoisotopic (exact) mass is 289 g/mol. The van der Waals surface area contributed by atoms with Gasteiger partial charge in [-0.2, -0.15) is 0 Å². The molecule has 2 fully saturated rings. The van der Waals surface area contributed by atoms with E-state index in [4.69, 9.17) is 5.73 Å². The van der Waals surface area contributed by atoms with E-state index in [2.05, 4.69) is 33.6 Å². The maximum Gasteiger partial charge on any atom is 0.225 e. The van der Waals surface area contributed by atoms with Crippen molar-refractivity contribution >= 4 is 5.95 Å². The van der Waals surface area contributed by atoms with E-state index < -0.39 is 0 Å². The second-order valence-corrected chi connectivity index (χ2v) is 7.15. The Morgan fingerprint density at radius 1 is 1.19 bits per heavy atom. The van der Waals surface area contributed by atoms with Crippen LogP contribution in [0.3, 0.4) is 0 Å². The zero-order valence-electron chi connectivity index (χ0n) is 13.2. The van der Waals surface area contributed by atoms with Crippen molar-refractivity contribution in [3.63, 3.8) is 0 Å². The molecule has 1 aliphatic carbocycles. The van der Waals surface area contributed by atoms with E-state index in [1.807, 2.05) is 18.5 Å². The summed E-state index contributed by atoms with van der Waals surface area (Å²) in [6.07, 6.45) is 6.16. The van der Waals surface area contributed by atoms with Crippen molar-refractivity contribution in [3.05, 3.63) is 18.5 Å². The minimum Gasteiger partial charge on any atom is -0.338 e. The molecule has 0 radical (unpaired) electrons. The lowest BCUT2D eigenvalue weighted by Gasteiger charge is -2.37. The molecule has 1 aromatic rings. The molecule has 2 aliphatic rings. The molecule has 1 aromatic heterocycles. The zero-order valence-corrected chi connectivity index (χ0v) is 13.2. The van der Waals surface area contributed by atoms with Crippen LogP contribution in [0.4, 0.5) is 5.95 Å². The van der Waals surface area contributed by atoms with Crippen LogP contribution < -0.4 is 10.6 Å². The van der Waals surface area contributed by atoms with Gasteiger partial charge in [-0.1, -0.05) is 13.8 Å². The first-order chi connectivity index (χ1) is 10.1. The van der Waals surface area contributed by atoms with Crippen molar-refractivity contribution in [2.24, 2.45) is 17.1 Å². The van der Waals surface area contributed by atoms with E-state index in [0.717, 1.165) is 38.7 Å². The fraction of sp³-hybridized carbons (Fsp3) is 0.750. The third-order valence-corrected chi connectivity index (χ3v) is 5.27. The van der Waals surface area contributed by atoms with Crippen LogP contribution in [0.25, 0.3) is 0 Å². The van der Waals surface area contributed by atoms with Crippen LogP contribution in [0, 0.1) is 11.3 Å². The highest BCUT2D eigenvalue weighted by Crippen LogP contribution is 2.40. The van der Waals surface area contributed by atoms with Gasteiger partial charge in [-0.25, -0.2) is 9.97 Å². The number of nitrogens with two attached hydrogens (primary N) is 1. The minimum absolute atomic E-state index is 0.310. The number of anilines is 1. The van der Waals surface area contributed by atoms with E-state index in [1.165, 1.54) is 12.8 Å². The van der Waals surface area contributed by atoms with Gasteiger partial charge in [0.15, 0.2) is 0 Å². The summed E-state index contributed by atoms with van der Waals surface area (Å²) in [6, 6.07) is 2.20. The fourth-order valence-corrected chi connectivity index (χ4v) is 3.66. The van der Waals surface area contributed by atoms with Gasteiger partial charge >= 0.3 is 0 Å². The van der Waals surface area contributed by atoms with Gasteiger partial charge in [0.05, 0.1) is 0 Å². The van der Waals surface area contributed by atoms with Gasteiger partial charge in [0.25, 0.3) is 0 Å². The highest BCUT2D eigenvalue weighted by atomic mass is 15.3. The van der Waals surface area contributed by atoms with Crippen molar-refractivity contribution in [2.75, 3.05) is 37.6 Å². The summed E-state index contributed by atoms with van der Waals surface area (Å²) in [4.78, 5) is 13.5. The summed E-state index contributed by atoms with van der Waals surface area (Å²) in [5, 5.41) is 0. The molecule has 2 heterocycles. The Kier molecular flexibility index (Phi) is 4.13. The van der Waals surface area contributed by atoms with Gasteiger partial charge in [-0.05, 0) is 30.2 Å². The van der Waals surface area contributed by atoms with Gasteiger partial charge in [0.1, 0.15) is 0 Å². The van der Waals surface area contributed by atoms with Gasteiger partial charge in [0.2, 0.25) is 5.95 Å². The third kappa shape index (κ3) is 3.19. The van der Waals surface area contributed by atoms with E-state index >= 15 is 0 Å². The fourth-order valence-electron chi connectivity index (χ4n) is 3.66. The molecule has 2 atom stereocenters. The van der Waals surface area contributed by atoms with Crippen molar-refractivity contribution in [3.8, 4) is 0 Å². The van der Waals surface area contributed by atoms with Crippen LogP contribution in [0.5, 0.6) is 0 Å². The Hall–Kier alpha value is -1.20. The molecule has 116 valence electrons. The summed E-state index contributed by atoms with van der Waals surface area (Å²) in [5.74, 6) is 1.51. The maximum absolute atomic E-state index is 6.44. The second-order valence-electron chi connectivity index (χ2n) is 7.15. The van der Waals surface area contributed by atoms with Crippen molar-refractivity contribution in [1.82, 2.24) is 14.9 Å². The van der Waals surface area contributed by atoms with Crippen LogP contribution in [-0.4, -0.2) is 53.6 Å². The van der Waals surface area contributed by atoms with Gasteiger partial charge in [0, 0.05) is 51.2 Å². The molecule has 1 saturated carbocycles. The summed E-state index contributed by atoms with van der Waals surface area (Å²) < 4.78 is 0. The van der Waals surface area contributed by atoms with Crippen molar-refractivity contribution < 1.29 is 0 Å². The average Bonchev–Trinajstić information content (AvgIpc) is 2.76.